The summed E-state index contributed by atoms with van der Waals surface area (Å²) in [7, 11) is 5.71. The number of rotatable bonds is 6. The molecule has 0 radical (unpaired) electrons. The lowest BCUT2D eigenvalue weighted by Gasteiger charge is -2.22. The van der Waals surface area contributed by atoms with Gasteiger partial charge in [-0.15, -0.1) is 0 Å². The number of likely N-dealkylation sites (N-methyl/N-ethyl adjacent to an activating group) is 1. The van der Waals surface area contributed by atoms with Crippen molar-refractivity contribution in [2.24, 2.45) is 5.92 Å². The second kappa shape index (κ2) is 7.18. The number of carbonyl (C=O) groups is 2. The minimum Gasteiger partial charge on any atom is -0.341 e. The quantitative estimate of drug-likeness (QED) is 0.762. The van der Waals surface area contributed by atoms with Crippen molar-refractivity contribution in [3.63, 3.8) is 0 Å². The van der Waals surface area contributed by atoms with Crippen molar-refractivity contribution in [2.45, 2.75) is 13.0 Å². The Morgan fingerprint density at radius 3 is 2.80 bits per heavy atom. The van der Waals surface area contributed by atoms with E-state index in [4.69, 9.17) is 0 Å². The van der Waals surface area contributed by atoms with E-state index in [1.165, 1.54) is 0 Å². The van der Waals surface area contributed by atoms with Gasteiger partial charge in [0.25, 0.3) is 0 Å². The maximum absolute atomic E-state index is 12.7. The van der Waals surface area contributed by atoms with E-state index in [1.54, 1.807) is 16.8 Å². The van der Waals surface area contributed by atoms with Crippen LogP contribution in [0.2, 0.25) is 0 Å². The molecule has 0 aliphatic carbocycles. The number of carbonyl (C=O) groups excluding carboxylic acids is 2. The number of aromatic nitrogens is 2. The van der Waals surface area contributed by atoms with Crippen molar-refractivity contribution in [3.8, 4) is 0 Å². The van der Waals surface area contributed by atoms with Gasteiger partial charge in [0, 0.05) is 39.6 Å². The summed E-state index contributed by atoms with van der Waals surface area (Å²) in [5.74, 6) is -0.208. The molecule has 1 unspecified atom stereocenters. The van der Waals surface area contributed by atoms with Crippen LogP contribution < -0.4 is 0 Å². The van der Waals surface area contributed by atoms with E-state index in [1.807, 2.05) is 37.2 Å². The van der Waals surface area contributed by atoms with E-state index in [0.29, 0.717) is 37.1 Å². The second-order valence-corrected chi connectivity index (χ2v) is 6.83. The van der Waals surface area contributed by atoms with Crippen LogP contribution in [0.1, 0.15) is 12.0 Å². The lowest BCUT2D eigenvalue weighted by molar-refractivity contribution is -0.135. The van der Waals surface area contributed by atoms with Gasteiger partial charge in [-0.2, -0.15) is 0 Å². The van der Waals surface area contributed by atoms with Gasteiger partial charge in [-0.1, -0.05) is 6.07 Å². The predicted octanol–water partition coefficient (Wildman–Crippen LogP) is 0.591. The van der Waals surface area contributed by atoms with Crippen LogP contribution >= 0.6 is 0 Å². The van der Waals surface area contributed by atoms with E-state index in [9.17, 15) is 9.59 Å². The van der Waals surface area contributed by atoms with Crippen LogP contribution in [0.4, 0.5) is 0 Å². The van der Waals surface area contributed by atoms with E-state index in [-0.39, 0.29) is 17.7 Å². The minimum atomic E-state index is -0.267. The van der Waals surface area contributed by atoms with E-state index in [0.717, 1.165) is 12.1 Å². The third kappa shape index (κ3) is 3.96. The summed E-state index contributed by atoms with van der Waals surface area (Å²) in [6.07, 6.45) is 0.294. The molecule has 8 heteroatoms. The average Bonchev–Trinajstić information content (AvgIpc) is 3.18. The van der Waals surface area contributed by atoms with Gasteiger partial charge in [0.05, 0.1) is 5.92 Å². The molecule has 8 nitrogen and oxygen atoms in total. The molecule has 1 fully saturated rings. The van der Waals surface area contributed by atoms with Gasteiger partial charge >= 0.3 is 0 Å². The Morgan fingerprint density at radius 2 is 2.04 bits per heavy atom. The highest BCUT2D eigenvalue weighted by Gasteiger charge is 2.35. The Labute approximate surface area is 146 Å². The predicted molar refractivity (Wildman–Crippen MR) is 91.5 cm³/mol. The number of likely N-dealkylation sites (tertiary alicyclic amines) is 1. The van der Waals surface area contributed by atoms with Crippen LogP contribution in [0.25, 0.3) is 11.0 Å². The Balaban J connectivity index is 1.59. The highest BCUT2D eigenvalue weighted by Crippen LogP contribution is 2.21. The molecule has 1 aromatic carbocycles. The fourth-order valence-electron chi connectivity index (χ4n) is 3.06. The summed E-state index contributed by atoms with van der Waals surface area (Å²) in [5.41, 5.74) is 2.31. The molecule has 1 aromatic heterocycles. The van der Waals surface area contributed by atoms with Gasteiger partial charge in [0.2, 0.25) is 11.8 Å². The molecule has 0 spiro atoms. The lowest BCUT2D eigenvalue weighted by Crippen LogP contribution is -2.36. The molecule has 1 aliphatic heterocycles. The molecule has 134 valence electrons. The van der Waals surface area contributed by atoms with Crippen LogP contribution in [0.15, 0.2) is 22.8 Å². The van der Waals surface area contributed by atoms with Crippen molar-refractivity contribution < 1.29 is 14.2 Å². The molecule has 3 rings (SSSR count). The molecule has 1 saturated heterocycles. The monoisotopic (exact) mass is 345 g/mol. The first-order valence-electron chi connectivity index (χ1n) is 8.32. The Bertz CT molecular complexity index is 772. The largest absolute Gasteiger partial charge is 0.341 e. The lowest BCUT2D eigenvalue weighted by atomic mass is 10.1. The summed E-state index contributed by atoms with van der Waals surface area (Å²) in [6, 6.07) is 5.58. The molecule has 0 bridgehead atoms. The number of benzene rings is 1. The van der Waals surface area contributed by atoms with Crippen LogP contribution in [-0.2, 0) is 16.1 Å². The Morgan fingerprint density at radius 1 is 1.28 bits per heavy atom. The van der Waals surface area contributed by atoms with E-state index in [2.05, 4.69) is 14.9 Å². The molecular weight excluding hydrogens is 322 g/mol. The van der Waals surface area contributed by atoms with Gasteiger partial charge in [0.15, 0.2) is 0 Å². The molecule has 0 N–H and O–H groups in total. The first-order valence-corrected chi connectivity index (χ1v) is 8.32. The van der Waals surface area contributed by atoms with Crippen molar-refractivity contribution in [2.75, 3.05) is 40.8 Å². The second-order valence-electron chi connectivity index (χ2n) is 6.83. The number of fused-ring (bicyclic) bond motifs is 1. The van der Waals surface area contributed by atoms with Crippen molar-refractivity contribution >= 4 is 22.8 Å². The molecule has 25 heavy (non-hydrogen) atoms. The zero-order valence-corrected chi connectivity index (χ0v) is 14.8. The van der Waals surface area contributed by atoms with Gasteiger partial charge in [-0.25, -0.2) is 4.63 Å². The fraction of sp³-hybridized carbons (Fsp3) is 0.529. The van der Waals surface area contributed by atoms with Crippen LogP contribution in [0, 0.1) is 5.92 Å². The third-order valence-corrected chi connectivity index (χ3v) is 4.50. The Kier molecular flexibility index (Phi) is 4.98. The average molecular weight is 345 g/mol. The summed E-state index contributed by atoms with van der Waals surface area (Å²) >= 11 is 0. The zero-order chi connectivity index (χ0) is 18.0. The number of hydrogen-bond acceptors (Lipinski definition) is 6. The smallest absolute Gasteiger partial charge is 0.228 e. The maximum atomic E-state index is 12.7. The molecular formula is C17H23N5O3. The topological polar surface area (TPSA) is 82.8 Å². The normalized spacial score (nSPS) is 17.7. The van der Waals surface area contributed by atoms with Gasteiger partial charge in [-0.3, -0.25) is 9.59 Å². The van der Waals surface area contributed by atoms with Crippen LogP contribution in [0.3, 0.4) is 0 Å². The molecule has 0 saturated carbocycles. The highest BCUT2D eigenvalue weighted by atomic mass is 16.6. The van der Waals surface area contributed by atoms with Crippen LogP contribution in [0.5, 0.6) is 0 Å². The Hall–Kier alpha value is -2.48. The van der Waals surface area contributed by atoms with E-state index >= 15 is 0 Å². The first-order chi connectivity index (χ1) is 11.9. The molecule has 2 aromatic rings. The third-order valence-electron chi connectivity index (χ3n) is 4.50. The van der Waals surface area contributed by atoms with Gasteiger partial charge < -0.3 is 14.7 Å². The fourth-order valence-corrected chi connectivity index (χ4v) is 3.06. The minimum absolute atomic E-state index is 0.000854. The van der Waals surface area contributed by atoms with Gasteiger partial charge in [0.1, 0.15) is 11.0 Å². The highest BCUT2D eigenvalue weighted by molar-refractivity contribution is 5.89. The summed E-state index contributed by atoms with van der Waals surface area (Å²) in [6.45, 7) is 2.43. The number of hydrogen-bond donors (Lipinski definition) is 0. The zero-order valence-electron chi connectivity index (χ0n) is 14.8. The molecule has 1 atom stereocenters. The van der Waals surface area contributed by atoms with Crippen molar-refractivity contribution in [3.05, 3.63) is 23.8 Å². The first kappa shape index (κ1) is 17.3. The number of amides is 2. The maximum Gasteiger partial charge on any atom is 0.228 e. The summed E-state index contributed by atoms with van der Waals surface area (Å²) in [5, 5.41) is 7.59. The standard InChI is InChI=1S/C17H23N5O3/c1-20(2)6-7-22-11-13(9-16(22)23)17(24)21(3)10-12-4-5-14-15(8-12)19-25-18-14/h4-5,8,13H,6-7,9-11H2,1-3H3. The summed E-state index contributed by atoms with van der Waals surface area (Å²) in [4.78, 5) is 30.3. The molecule has 1 aliphatic rings. The van der Waals surface area contributed by atoms with Gasteiger partial charge in [-0.05, 0) is 42.1 Å². The van der Waals surface area contributed by atoms with E-state index < -0.39 is 0 Å². The van der Waals surface area contributed by atoms with Crippen molar-refractivity contribution in [1.82, 2.24) is 25.0 Å². The van der Waals surface area contributed by atoms with Crippen molar-refractivity contribution in [1.29, 1.82) is 0 Å². The molecule has 2 heterocycles. The molecule has 2 amide bonds. The number of nitrogens with zero attached hydrogens (tertiary/aromatic N) is 5. The summed E-state index contributed by atoms with van der Waals surface area (Å²) < 4.78 is 4.69. The van der Waals surface area contributed by atoms with Crippen LogP contribution in [-0.4, -0.2) is 77.6 Å². The SMILES string of the molecule is CN(C)CCN1CC(C(=O)N(C)Cc2ccc3nonc3c2)CC1=O.